The van der Waals surface area contributed by atoms with Gasteiger partial charge >= 0.3 is 0 Å². The van der Waals surface area contributed by atoms with Crippen molar-refractivity contribution in [3.63, 3.8) is 0 Å². The van der Waals surface area contributed by atoms with E-state index in [1.165, 1.54) is 0 Å². The number of nitrogens with zero attached hydrogens (tertiary/aromatic N) is 1. The van der Waals surface area contributed by atoms with Gasteiger partial charge in [-0.25, -0.2) is 0 Å². The van der Waals surface area contributed by atoms with Crippen molar-refractivity contribution in [3.05, 3.63) is 95.6 Å². The number of methoxy groups -OCH3 is 1. The number of carbonyl (C=O) groups excluding carboxylic acids is 3. The lowest BCUT2D eigenvalue weighted by atomic mass is 9.89. The van der Waals surface area contributed by atoms with Crippen molar-refractivity contribution >= 4 is 23.2 Å². The van der Waals surface area contributed by atoms with Gasteiger partial charge in [-0.05, 0) is 74.5 Å². The van der Waals surface area contributed by atoms with Crippen LogP contribution in [0.15, 0.2) is 78.9 Å². The van der Waals surface area contributed by atoms with E-state index in [0.29, 0.717) is 35.5 Å². The Morgan fingerprint density at radius 2 is 1.41 bits per heavy atom. The molecule has 174 valence electrons. The maximum Gasteiger partial charge on any atom is 0.238 e. The van der Waals surface area contributed by atoms with Gasteiger partial charge in [-0.1, -0.05) is 30.3 Å². The lowest BCUT2D eigenvalue weighted by Crippen LogP contribution is -2.40. The van der Waals surface area contributed by atoms with E-state index < -0.39 is 0 Å². The number of hydrogen-bond acceptors (Lipinski definition) is 5. The Morgan fingerprint density at radius 1 is 0.824 bits per heavy atom. The van der Waals surface area contributed by atoms with Crippen LogP contribution in [0.4, 0.5) is 5.69 Å². The van der Waals surface area contributed by atoms with Crippen molar-refractivity contribution < 1.29 is 19.1 Å². The molecule has 1 N–H and O–H groups in total. The number of anilines is 1. The molecule has 4 rings (SSSR count). The van der Waals surface area contributed by atoms with Gasteiger partial charge in [0.2, 0.25) is 5.91 Å². The van der Waals surface area contributed by atoms with Crippen LogP contribution in [0.5, 0.6) is 5.75 Å². The summed E-state index contributed by atoms with van der Waals surface area (Å²) in [6.07, 6.45) is 1.46. The summed E-state index contributed by atoms with van der Waals surface area (Å²) in [4.78, 5) is 39.9. The minimum absolute atomic E-state index is 0.0256. The Balaban J connectivity index is 1.25. The largest absolute Gasteiger partial charge is 0.497 e. The molecule has 1 fully saturated rings. The van der Waals surface area contributed by atoms with Crippen molar-refractivity contribution in [2.45, 2.75) is 12.8 Å². The second kappa shape index (κ2) is 10.9. The van der Waals surface area contributed by atoms with E-state index >= 15 is 0 Å². The number of hydrogen-bond donors (Lipinski definition) is 1. The number of rotatable bonds is 8. The average molecular weight is 457 g/mol. The standard InChI is InChI=1S/C28H28N2O4/c1-34-25-13-9-22(10-14-25)28(33)23-15-17-30(18-16-23)19-26(31)29-24-11-7-21(8-12-24)27(32)20-5-3-2-4-6-20/h2-14,23H,15-19H2,1H3,(H,29,31). The molecule has 3 aromatic rings. The summed E-state index contributed by atoms with van der Waals surface area (Å²) in [5.74, 6) is 0.696. The summed E-state index contributed by atoms with van der Waals surface area (Å²) in [6, 6.07) is 23.3. The van der Waals surface area contributed by atoms with Gasteiger partial charge in [-0.3, -0.25) is 19.3 Å². The van der Waals surface area contributed by atoms with Crippen LogP contribution in [-0.2, 0) is 4.79 Å². The molecule has 0 atom stereocenters. The smallest absolute Gasteiger partial charge is 0.238 e. The molecule has 0 unspecified atom stereocenters. The molecule has 0 saturated carbocycles. The molecule has 1 aliphatic heterocycles. The van der Waals surface area contributed by atoms with Crippen LogP contribution >= 0.6 is 0 Å². The van der Waals surface area contributed by atoms with Crippen LogP contribution in [0.2, 0.25) is 0 Å². The highest BCUT2D eigenvalue weighted by molar-refractivity contribution is 6.09. The molecular formula is C28H28N2O4. The first-order valence-electron chi connectivity index (χ1n) is 11.4. The summed E-state index contributed by atoms with van der Waals surface area (Å²) in [5, 5.41) is 2.90. The predicted molar refractivity (Wildman–Crippen MR) is 131 cm³/mol. The molecule has 0 radical (unpaired) electrons. The van der Waals surface area contributed by atoms with Crippen molar-refractivity contribution in [3.8, 4) is 5.75 Å². The van der Waals surface area contributed by atoms with Crippen molar-refractivity contribution in [2.75, 3.05) is 32.1 Å². The maximum atomic E-state index is 12.8. The Hall–Kier alpha value is -3.77. The van der Waals surface area contributed by atoms with Crippen LogP contribution in [0.25, 0.3) is 0 Å². The van der Waals surface area contributed by atoms with Gasteiger partial charge in [0, 0.05) is 28.3 Å². The topological polar surface area (TPSA) is 75.7 Å². The zero-order chi connectivity index (χ0) is 23.9. The number of likely N-dealkylation sites (tertiary alicyclic amines) is 1. The fraction of sp³-hybridized carbons (Fsp3) is 0.250. The monoisotopic (exact) mass is 456 g/mol. The van der Waals surface area contributed by atoms with E-state index in [0.717, 1.165) is 18.6 Å². The number of carbonyl (C=O) groups is 3. The number of benzene rings is 3. The molecule has 34 heavy (non-hydrogen) atoms. The number of amides is 1. The fourth-order valence-corrected chi connectivity index (χ4v) is 4.21. The molecule has 0 aromatic heterocycles. The molecule has 0 spiro atoms. The predicted octanol–water partition coefficient (Wildman–Crippen LogP) is 4.46. The van der Waals surface area contributed by atoms with Gasteiger partial charge in [0.25, 0.3) is 0 Å². The highest BCUT2D eigenvalue weighted by Gasteiger charge is 2.26. The van der Waals surface area contributed by atoms with Crippen LogP contribution in [-0.4, -0.2) is 49.1 Å². The quantitative estimate of drug-likeness (QED) is 0.507. The minimum Gasteiger partial charge on any atom is -0.497 e. The number of ketones is 2. The first-order chi connectivity index (χ1) is 16.5. The highest BCUT2D eigenvalue weighted by atomic mass is 16.5. The van der Waals surface area contributed by atoms with Crippen molar-refractivity contribution in [1.29, 1.82) is 0 Å². The minimum atomic E-state index is -0.109. The van der Waals surface area contributed by atoms with Crippen molar-refractivity contribution in [1.82, 2.24) is 4.90 Å². The summed E-state index contributed by atoms with van der Waals surface area (Å²) in [6.45, 7) is 1.67. The number of piperidine rings is 1. The molecule has 1 aliphatic rings. The third-order valence-corrected chi connectivity index (χ3v) is 6.17. The second-order valence-corrected chi connectivity index (χ2v) is 8.46. The molecule has 6 nitrogen and oxygen atoms in total. The van der Waals surface area contributed by atoms with E-state index in [9.17, 15) is 14.4 Å². The van der Waals surface area contributed by atoms with E-state index in [-0.39, 0.29) is 29.9 Å². The van der Waals surface area contributed by atoms with Gasteiger partial charge in [0.05, 0.1) is 13.7 Å². The van der Waals surface area contributed by atoms with Gasteiger partial charge in [0.1, 0.15) is 5.75 Å². The van der Waals surface area contributed by atoms with E-state index in [1.807, 2.05) is 18.2 Å². The first-order valence-corrected chi connectivity index (χ1v) is 11.4. The normalized spacial score (nSPS) is 14.4. The first kappa shape index (κ1) is 23.4. The number of nitrogens with one attached hydrogen (secondary N) is 1. The van der Waals surface area contributed by atoms with Gasteiger partial charge in [-0.2, -0.15) is 0 Å². The number of Topliss-reactive ketones (excluding diaryl/α,β-unsaturated/α-hetero) is 1. The third-order valence-electron chi connectivity index (χ3n) is 6.17. The van der Waals surface area contributed by atoms with Gasteiger partial charge in [0.15, 0.2) is 11.6 Å². The molecule has 0 bridgehead atoms. The summed E-state index contributed by atoms with van der Waals surface area (Å²) >= 11 is 0. The molecular weight excluding hydrogens is 428 g/mol. The van der Waals surface area contributed by atoms with E-state index in [1.54, 1.807) is 67.8 Å². The molecule has 1 amide bonds. The van der Waals surface area contributed by atoms with Crippen LogP contribution < -0.4 is 10.1 Å². The Kier molecular flexibility index (Phi) is 7.50. The Morgan fingerprint density at radius 3 is 2.03 bits per heavy atom. The van der Waals surface area contributed by atoms with Crippen LogP contribution in [0.3, 0.4) is 0 Å². The number of ether oxygens (including phenoxy) is 1. The fourth-order valence-electron chi connectivity index (χ4n) is 4.21. The van der Waals surface area contributed by atoms with Crippen molar-refractivity contribution in [2.24, 2.45) is 5.92 Å². The lowest BCUT2D eigenvalue weighted by molar-refractivity contribution is -0.117. The third kappa shape index (κ3) is 5.77. The zero-order valence-electron chi connectivity index (χ0n) is 19.2. The zero-order valence-corrected chi connectivity index (χ0v) is 19.2. The summed E-state index contributed by atoms with van der Waals surface area (Å²) in [5.41, 5.74) is 2.56. The van der Waals surface area contributed by atoms with Gasteiger partial charge < -0.3 is 10.1 Å². The highest BCUT2D eigenvalue weighted by Crippen LogP contribution is 2.23. The second-order valence-electron chi connectivity index (χ2n) is 8.46. The molecule has 0 aliphatic carbocycles. The SMILES string of the molecule is COc1ccc(C(=O)C2CCN(CC(=O)Nc3ccc(C(=O)c4ccccc4)cc3)CC2)cc1. The Labute approximate surface area is 199 Å². The summed E-state index contributed by atoms with van der Waals surface area (Å²) in [7, 11) is 1.60. The van der Waals surface area contributed by atoms with Crippen LogP contribution in [0.1, 0.15) is 39.1 Å². The van der Waals surface area contributed by atoms with Gasteiger partial charge in [-0.15, -0.1) is 0 Å². The molecule has 3 aromatic carbocycles. The van der Waals surface area contributed by atoms with Crippen LogP contribution in [0, 0.1) is 5.92 Å². The molecule has 6 heteroatoms. The Bertz CT molecular complexity index is 1130. The average Bonchev–Trinajstić information content (AvgIpc) is 2.89. The molecule has 1 heterocycles. The summed E-state index contributed by atoms with van der Waals surface area (Å²) < 4.78 is 5.15. The van der Waals surface area contributed by atoms with E-state index in [2.05, 4.69) is 10.2 Å². The lowest BCUT2D eigenvalue weighted by Gasteiger charge is -2.30. The molecule has 1 saturated heterocycles. The maximum absolute atomic E-state index is 12.8. The van der Waals surface area contributed by atoms with E-state index in [4.69, 9.17) is 4.74 Å².